The van der Waals surface area contributed by atoms with Gasteiger partial charge >= 0.3 is 5.97 Å². The van der Waals surface area contributed by atoms with Crippen molar-refractivity contribution in [3.05, 3.63) is 24.3 Å². The number of carboxylic acids is 1. The maximum absolute atomic E-state index is 10.9. The summed E-state index contributed by atoms with van der Waals surface area (Å²) < 4.78 is 0. The van der Waals surface area contributed by atoms with E-state index in [1.54, 1.807) is 12.1 Å². The number of hydrogen-bond donors (Lipinski definition) is 3. The summed E-state index contributed by atoms with van der Waals surface area (Å²) in [5.74, 6) is -1.19. The molecule has 0 aromatic heterocycles. The van der Waals surface area contributed by atoms with E-state index in [0.717, 1.165) is 18.5 Å². The number of carbonyl (C=O) groups is 2. The Kier molecular flexibility index (Phi) is 3.50. The second-order valence-corrected chi connectivity index (χ2v) is 4.53. The van der Waals surface area contributed by atoms with Crippen molar-refractivity contribution in [2.24, 2.45) is 5.92 Å². The molecule has 1 aromatic carbocycles. The van der Waals surface area contributed by atoms with Gasteiger partial charge in [0.1, 0.15) is 0 Å². The van der Waals surface area contributed by atoms with Crippen LogP contribution in [0, 0.1) is 5.92 Å². The first-order valence-electron chi connectivity index (χ1n) is 5.93. The van der Waals surface area contributed by atoms with Crippen LogP contribution in [0.1, 0.15) is 19.8 Å². The molecule has 0 saturated heterocycles. The van der Waals surface area contributed by atoms with Crippen LogP contribution in [0.2, 0.25) is 0 Å². The van der Waals surface area contributed by atoms with Gasteiger partial charge in [0, 0.05) is 24.3 Å². The number of aliphatic carboxylic acids is 1. The molecular formula is C13H16N2O3. The third-order valence-electron chi connectivity index (χ3n) is 3.13. The van der Waals surface area contributed by atoms with E-state index >= 15 is 0 Å². The number of hydrogen-bond acceptors (Lipinski definition) is 3. The van der Waals surface area contributed by atoms with Gasteiger partial charge in [0.05, 0.1) is 5.92 Å². The minimum atomic E-state index is -0.753. The molecule has 2 unspecified atom stereocenters. The van der Waals surface area contributed by atoms with Crippen molar-refractivity contribution in [2.75, 3.05) is 10.6 Å². The zero-order valence-corrected chi connectivity index (χ0v) is 10.1. The summed E-state index contributed by atoms with van der Waals surface area (Å²) >= 11 is 0. The van der Waals surface area contributed by atoms with Gasteiger partial charge in [-0.05, 0) is 31.0 Å². The molecule has 5 nitrogen and oxygen atoms in total. The molecule has 0 bridgehead atoms. The van der Waals surface area contributed by atoms with E-state index in [1.807, 2.05) is 12.1 Å². The number of amides is 1. The second kappa shape index (κ2) is 5.08. The fraction of sp³-hybridized carbons (Fsp3) is 0.385. The standard InChI is InChI=1S/C13H16N2O3/c1-8(16)14-9-3-2-4-10(7-9)15-12-6-5-11(12)13(17)18/h2-4,7,11-12,15H,5-6H2,1H3,(H,14,16)(H,17,18). The number of benzene rings is 1. The summed E-state index contributed by atoms with van der Waals surface area (Å²) in [4.78, 5) is 21.8. The van der Waals surface area contributed by atoms with E-state index < -0.39 is 5.97 Å². The Morgan fingerprint density at radius 1 is 1.28 bits per heavy atom. The minimum absolute atomic E-state index is 0.0184. The van der Waals surface area contributed by atoms with Crippen molar-refractivity contribution in [1.29, 1.82) is 0 Å². The van der Waals surface area contributed by atoms with Crippen LogP contribution >= 0.6 is 0 Å². The molecule has 18 heavy (non-hydrogen) atoms. The smallest absolute Gasteiger partial charge is 0.308 e. The lowest BCUT2D eigenvalue weighted by Crippen LogP contribution is -2.42. The fourth-order valence-electron chi connectivity index (χ4n) is 2.07. The number of carboxylic acid groups (broad SMARTS) is 1. The van der Waals surface area contributed by atoms with Crippen LogP contribution in [0.5, 0.6) is 0 Å². The molecule has 2 rings (SSSR count). The lowest BCUT2D eigenvalue weighted by atomic mass is 9.79. The van der Waals surface area contributed by atoms with Gasteiger partial charge in [-0.2, -0.15) is 0 Å². The van der Waals surface area contributed by atoms with Crippen LogP contribution in [-0.2, 0) is 9.59 Å². The molecule has 1 aromatic rings. The van der Waals surface area contributed by atoms with Crippen LogP contribution in [-0.4, -0.2) is 23.0 Å². The highest BCUT2D eigenvalue weighted by molar-refractivity contribution is 5.89. The molecule has 2 atom stereocenters. The number of rotatable bonds is 4. The molecule has 0 radical (unpaired) electrons. The molecule has 1 aliphatic carbocycles. The van der Waals surface area contributed by atoms with Gasteiger partial charge in [-0.25, -0.2) is 0 Å². The molecule has 1 saturated carbocycles. The molecule has 1 aliphatic rings. The zero-order chi connectivity index (χ0) is 13.1. The lowest BCUT2D eigenvalue weighted by Gasteiger charge is -2.34. The highest BCUT2D eigenvalue weighted by Gasteiger charge is 2.36. The average Bonchev–Trinajstić information content (AvgIpc) is 2.23. The Balaban J connectivity index is 2.01. The largest absolute Gasteiger partial charge is 0.481 e. The normalized spacial score (nSPS) is 21.8. The maximum Gasteiger partial charge on any atom is 0.308 e. The van der Waals surface area contributed by atoms with Gasteiger partial charge in [-0.3, -0.25) is 9.59 Å². The maximum atomic E-state index is 10.9. The van der Waals surface area contributed by atoms with Crippen LogP contribution < -0.4 is 10.6 Å². The molecule has 0 heterocycles. The molecule has 0 aliphatic heterocycles. The van der Waals surface area contributed by atoms with Crippen molar-refractivity contribution in [3.63, 3.8) is 0 Å². The van der Waals surface area contributed by atoms with Crippen LogP contribution in [0.3, 0.4) is 0 Å². The van der Waals surface area contributed by atoms with Gasteiger partial charge in [0.15, 0.2) is 0 Å². The molecule has 1 fully saturated rings. The first kappa shape index (κ1) is 12.4. The summed E-state index contributed by atoms with van der Waals surface area (Å²) in [6.45, 7) is 1.45. The van der Waals surface area contributed by atoms with Crippen molar-refractivity contribution in [2.45, 2.75) is 25.8 Å². The number of anilines is 2. The Morgan fingerprint density at radius 2 is 2.00 bits per heavy atom. The minimum Gasteiger partial charge on any atom is -0.481 e. The van der Waals surface area contributed by atoms with Gasteiger partial charge in [-0.1, -0.05) is 6.07 Å². The van der Waals surface area contributed by atoms with Gasteiger partial charge < -0.3 is 15.7 Å². The van der Waals surface area contributed by atoms with Gasteiger partial charge in [-0.15, -0.1) is 0 Å². The monoisotopic (exact) mass is 248 g/mol. The molecule has 1 amide bonds. The highest BCUT2D eigenvalue weighted by Crippen LogP contribution is 2.31. The first-order chi connectivity index (χ1) is 8.56. The third kappa shape index (κ3) is 2.80. The van der Waals surface area contributed by atoms with Crippen LogP contribution in [0.15, 0.2) is 24.3 Å². The van der Waals surface area contributed by atoms with Crippen molar-refractivity contribution in [1.82, 2.24) is 0 Å². The summed E-state index contributed by atoms with van der Waals surface area (Å²) in [5.41, 5.74) is 1.54. The number of nitrogens with one attached hydrogen (secondary N) is 2. The topological polar surface area (TPSA) is 78.4 Å². The predicted molar refractivity (Wildman–Crippen MR) is 68.5 cm³/mol. The van der Waals surface area contributed by atoms with Gasteiger partial charge in [0.25, 0.3) is 0 Å². The molecular weight excluding hydrogens is 232 g/mol. The van der Waals surface area contributed by atoms with Crippen molar-refractivity contribution < 1.29 is 14.7 Å². The number of carbonyl (C=O) groups excluding carboxylic acids is 1. The van der Waals surface area contributed by atoms with Crippen LogP contribution in [0.4, 0.5) is 11.4 Å². The van der Waals surface area contributed by atoms with E-state index in [4.69, 9.17) is 5.11 Å². The lowest BCUT2D eigenvalue weighted by molar-refractivity contribution is -0.145. The van der Waals surface area contributed by atoms with Gasteiger partial charge in [0.2, 0.25) is 5.91 Å². The predicted octanol–water partition coefficient (Wildman–Crippen LogP) is 1.92. The SMILES string of the molecule is CC(=O)Nc1cccc(NC2CCC2C(=O)O)c1. The zero-order valence-electron chi connectivity index (χ0n) is 10.1. The summed E-state index contributed by atoms with van der Waals surface area (Å²) in [6.07, 6.45) is 1.58. The van der Waals surface area contributed by atoms with E-state index in [-0.39, 0.29) is 17.9 Å². The average molecular weight is 248 g/mol. The molecule has 0 spiro atoms. The molecule has 96 valence electrons. The third-order valence-corrected chi connectivity index (χ3v) is 3.13. The fourth-order valence-corrected chi connectivity index (χ4v) is 2.07. The van der Waals surface area contributed by atoms with E-state index in [9.17, 15) is 9.59 Å². The molecule has 3 N–H and O–H groups in total. The summed E-state index contributed by atoms with van der Waals surface area (Å²) in [6, 6.07) is 7.26. The summed E-state index contributed by atoms with van der Waals surface area (Å²) in [7, 11) is 0. The Labute approximate surface area is 105 Å². The highest BCUT2D eigenvalue weighted by atomic mass is 16.4. The van der Waals surface area contributed by atoms with Crippen LogP contribution in [0.25, 0.3) is 0 Å². The Morgan fingerprint density at radius 3 is 2.56 bits per heavy atom. The second-order valence-electron chi connectivity index (χ2n) is 4.53. The quantitative estimate of drug-likeness (QED) is 0.760. The van der Waals surface area contributed by atoms with E-state index in [1.165, 1.54) is 6.92 Å². The Bertz CT molecular complexity index is 473. The van der Waals surface area contributed by atoms with Crippen molar-refractivity contribution >= 4 is 23.3 Å². The van der Waals surface area contributed by atoms with E-state index in [2.05, 4.69) is 10.6 Å². The first-order valence-corrected chi connectivity index (χ1v) is 5.93. The summed E-state index contributed by atoms with van der Waals surface area (Å²) in [5, 5.41) is 14.8. The molecule has 5 heteroatoms. The van der Waals surface area contributed by atoms with Crippen molar-refractivity contribution in [3.8, 4) is 0 Å². The Hall–Kier alpha value is -2.04. The van der Waals surface area contributed by atoms with E-state index in [0.29, 0.717) is 5.69 Å².